The molecule has 0 aliphatic carbocycles. The maximum absolute atomic E-state index is 9.43. The van der Waals surface area contributed by atoms with Crippen molar-refractivity contribution >= 4 is 45.2 Å². The Morgan fingerprint density at radius 3 is 2.58 bits per heavy atom. The molecule has 0 heterocycles. The average Bonchev–Trinajstić information content (AvgIpc) is 1.84. The van der Waals surface area contributed by atoms with Crippen LogP contribution >= 0.6 is 45.2 Å². The number of rotatable bonds is 5. The fraction of sp³-hybridized carbons (Fsp3) is 0.778. The minimum atomic E-state index is -0.527. The zero-order valence-corrected chi connectivity index (χ0v) is 11.9. The van der Waals surface area contributed by atoms with E-state index >= 15 is 0 Å². The topological polar surface area (TPSA) is 20.2 Å². The van der Waals surface area contributed by atoms with Gasteiger partial charge in [-0.1, -0.05) is 13.0 Å². The van der Waals surface area contributed by atoms with Gasteiger partial charge in [0.1, 0.15) is 3.61 Å². The molecule has 0 spiro atoms. The highest BCUT2D eigenvalue weighted by Crippen LogP contribution is 2.24. The lowest BCUT2D eigenvalue weighted by Crippen LogP contribution is -2.12. The molecule has 0 saturated heterocycles. The number of hydrogen-bond donors (Lipinski definition) is 1. The normalized spacial score (nSPS) is 17.6. The van der Waals surface area contributed by atoms with Crippen LogP contribution in [-0.4, -0.2) is 8.71 Å². The van der Waals surface area contributed by atoms with Crippen molar-refractivity contribution in [1.29, 1.82) is 0 Å². The summed E-state index contributed by atoms with van der Waals surface area (Å²) in [4.78, 5) is 0. The quantitative estimate of drug-likeness (QED) is 0.552. The van der Waals surface area contributed by atoms with E-state index in [9.17, 15) is 5.11 Å². The highest BCUT2D eigenvalue weighted by molar-refractivity contribution is 14.1. The highest BCUT2D eigenvalue weighted by Gasteiger charge is 2.13. The van der Waals surface area contributed by atoms with Gasteiger partial charge in [0.05, 0.1) is 0 Å². The number of hydrogen-bond acceptors (Lipinski definition) is 1. The Bertz CT molecular complexity index is 147. The van der Waals surface area contributed by atoms with Gasteiger partial charge in [-0.25, -0.2) is 0 Å². The van der Waals surface area contributed by atoms with Crippen LogP contribution in [0.25, 0.3) is 0 Å². The molecule has 0 aliphatic heterocycles. The average molecular weight is 394 g/mol. The van der Waals surface area contributed by atoms with Gasteiger partial charge in [-0.15, -0.1) is 0 Å². The third-order valence-electron chi connectivity index (χ3n) is 1.47. The van der Waals surface area contributed by atoms with Crippen LogP contribution in [0.2, 0.25) is 0 Å². The summed E-state index contributed by atoms with van der Waals surface area (Å²) < 4.78 is 0.886. The van der Waals surface area contributed by atoms with Gasteiger partial charge in [-0.3, -0.25) is 0 Å². The number of allylic oxidation sites excluding steroid dienone is 2. The molecule has 12 heavy (non-hydrogen) atoms. The predicted octanol–water partition coefficient (Wildman–Crippen LogP) is 4.03. The van der Waals surface area contributed by atoms with Crippen molar-refractivity contribution in [2.45, 2.75) is 43.1 Å². The second-order valence-electron chi connectivity index (χ2n) is 3.06. The maximum atomic E-state index is 9.43. The molecule has 0 aromatic heterocycles. The van der Waals surface area contributed by atoms with Crippen LogP contribution in [0.15, 0.2) is 9.66 Å². The van der Waals surface area contributed by atoms with Crippen molar-refractivity contribution in [3.63, 3.8) is 0 Å². The van der Waals surface area contributed by atoms with Crippen LogP contribution in [0.4, 0.5) is 0 Å². The van der Waals surface area contributed by atoms with Crippen LogP contribution < -0.4 is 0 Å². The molecule has 1 atom stereocenters. The van der Waals surface area contributed by atoms with E-state index in [4.69, 9.17) is 0 Å². The first-order valence-electron chi connectivity index (χ1n) is 4.21. The summed E-state index contributed by atoms with van der Waals surface area (Å²) in [7, 11) is 0. The molecule has 0 fully saturated rings. The van der Waals surface area contributed by atoms with Crippen LogP contribution in [0.5, 0.6) is 0 Å². The van der Waals surface area contributed by atoms with Crippen molar-refractivity contribution in [3.05, 3.63) is 9.66 Å². The van der Waals surface area contributed by atoms with Crippen molar-refractivity contribution in [3.8, 4) is 0 Å². The van der Waals surface area contributed by atoms with E-state index < -0.39 is 3.61 Å². The van der Waals surface area contributed by atoms with Gasteiger partial charge in [0.25, 0.3) is 0 Å². The van der Waals surface area contributed by atoms with Gasteiger partial charge >= 0.3 is 0 Å². The molecule has 1 unspecified atom stereocenters. The third kappa shape index (κ3) is 9.25. The summed E-state index contributed by atoms with van der Waals surface area (Å²) in [6.45, 7) is 4.00. The molecule has 3 heteroatoms. The molecule has 1 N–H and O–H groups in total. The van der Waals surface area contributed by atoms with E-state index in [1.54, 1.807) is 0 Å². The van der Waals surface area contributed by atoms with Crippen molar-refractivity contribution in [2.24, 2.45) is 0 Å². The summed E-state index contributed by atoms with van der Waals surface area (Å²) in [6, 6.07) is 0. The van der Waals surface area contributed by atoms with Gasteiger partial charge in [-0.05, 0) is 81.4 Å². The molecule has 0 aromatic rings. The highest BCUT2D eigenvalue weighted by atomic mass is 127. The summed E-state index contributed by atoms with van der Waals surface area (Å²) in [5, 5.41) is 9.43. The van der Waals surface area contributed by atoms with E-state index in [2.05, 4.69) is 58.2 Å². The van der Waals surface area contributed by atoms with Gasteiger partial charge in [0.15, 0.2) is 0 Å². The minimum absolute atomic E-state index is 0.527. The smallest absolute Gasteiger partial charge is 0.113 e. The van der Waals surface area contributed by atoms with Gasteiger partial charge in [-0.2, -0.15) is 0 Å². The lowest BCUT2D eigenvalue weighted by Gasteiger charge is -2.13. The van der Waals surface area contributed by atoms with E-state index in [1.165, 1.54) is 3.58 Å². The molecule has 72 valence electrons. The van der Waals surface area contributed by atoms with Crippen LogP contribution in [-0.2, 0) is 0 Å². The summed E-state index contributed by atoms with van der Waals surface area (Å²) in [5.41, 5.74) is 0. The molecule has 1 nitrogen and oxygen atoms in total. The Labute approximate surface area is 102 Å². The Morgan fingerprint density at radius 1 is 1.58 bits per heavy atom. The SMILES string of the molecule is CC/C=C(\I)CCCC(C)(O)I. The fourth-order valence-corrected chi connectivity index (χ4v) is 2.11. The monoisotopic (exact) mass is 394 g/mol. The molecule has 0 saturated carbocycles. The molecule has 0 rings (SSSR count). The molecule has 0 radical (unpaired) electrons. The zero-order valence-electron chi connectivity index (χ0n) is 7.61. The Balaban J connectivity index is 3.50. The Morgan fingerprint density at radius 2 is 2.17 bits per heavy atom. The first-order valence-corrected chi connectivity index (χ1v) is 6.37. The van der Waals surface area contributed by atoms with Crippen molar-refractivity contribution in [1.82, 2.24) is 0 Å². The molecule has 0 aliphatic rings. The van der Waals surface area contributed by atoms with Crippen LogP contribution in [0.3, 0.4) is 0 Å². The van der Waals surface area contributed by atoms with Gasteiger partial charge < -0.3 is 5.11 Å². The summed E-state index contributed by atoms with van der Waals surface area (Å²) >= 11 is 4.45. The first-order chi connectivity index (χ1) is 5.45. The lowest BCUT2D eigenvalue weighted by molar-refractivity contribution is 0.164. The van der Waals surface area contributed by atoms with E-state index in [0.717, 1.165) is 25.7 Å². The molecule has 0 amide bonds. The lowest BCUT2D eigenvalue weighted by atomic mass is 10.1. The van der Waals surface area contributed by atoms with Crippen molar-refractivity contribution in [2.75, 3.05) is 0 Å². The largest absolute Gasteiger partial charge is 0.380 e. The van der Waals surface area contributed by atoms with Gasteiger partial charge in [0.2, 0.25) is 0 Å². The summed E-state index contributed by atoms with van der Waals surface area (Å²) in [5.74, 6) is 0. The van der Waals surface area contributed by atoms with Crippen LogP contribution in [0.1, 0.15) is 39.5 Å². The number of aliphatic hydroxyl groups is 1. The maximum Gasteiger partial charge on any atom is 0.113 e. The molecular formula is C9H16I2O. The van der Waals surface area contributed by atoms with E-state index in [-0.39, 0.29) is 0 Å². The first kappa shape index (κ1) is 13.2. The summed E-state index contributed by atoms with van der Waals surface area (Å²) in [6.07, 6.45) is 6.40. The van der Waals surface area contributed by atoms with Gasteiger partial charge in [0, 0.05) is 0 Å². The number of halogens is 2. The van der Waals surface area contributed by atoms with Crippen molar-refractivity contribution < 1.29 is 5.11 Å². The molecule has 0 bridgehead atoms. The standard InChI is InChI=1S/C9H16I2O/c1-3-5-8(10)6-4-7-9(2,11)12/h5,12H,3-4,6-7H2,1-2H3/b8-5-. The fourth-order valence-electron chi connectivity index (χ4n) is 0.903. The van der Waals surface area contributed by atoms with E-state index in [1.807, 2.05) is 6.92 Å². The zero-order chi connectivity index (χ0) is 9.61. The predicted molar refractivity (Wildman–Crippen MR) is 70.9 cm³/mol. The Kier molecular flexibility index (Phi) is 7.23. The second-order valence-corrected chi connectivity index (χ2v) is 6.76. The molecule has 0 aromatic carbocycles. The second kappa shape index (κ2) is 6.59. The Hall–Kier alpha value is 1.16. The third-order valence-corrected chi connectivity index (χ3v) is 2.99. The number of alkyl halides is 1. The molecular weight excluding hydrogens is 378 g/mol. The van der Waals surface area contributed by atoms with Crippen LogP contribution in [0, 0.1) is 0 Å². The minimum Gasteiger partial charge on any atom is -0.380 e. The van der Waals surface area contributed by atoms with E-state index in [0.29, 0.717) is 0 Å².